The second-order valence-electron chi connectivity index (χ2n) is 13.2. The molecule has 52 heavy (non-hydrogen) atoms. The molecule has 0 bridgehead atoms. The van der Waals surface area contributed by atoms with Gasteiger partial charge in [-0.3, -0.25) is 9.59 Å². The summed E-state index contributed by atoms with van der Waals surface area (Å²) in [5.41, 5.74) is 7.03. The molecule has 2 heterocycles. The van der Waals surface area contributed by atoms with Gasteiger partial charge in [0.05, 0.1) is 11.5 Å². The summed E-state index contributed by atoms with van der Waals surface area (Å²) in [6.45, 7) is 3.95. The molecule has 8 nitrogen and oxygen atoms in total. The first kappa shape index (κ1) is 40.4. The van der Waals surface area contributed by atoms with E-state index in [0.717, 1.165) is 49.3 Å². The number of para-hydroxylation sites is 2. The maximum absolute atomic E-state index is 12.8. The Kier molecular flexibility index (Phi) is 16.5. The number of nitrogens with zero attached hydrogens (tertiary/aromatic N) is 6. The number of allylic oxidation sites excluding steroid dienone is 3. The van der Waals surface area contributed by atoms with E-state index in [4.69, 9.17) is 0 Å². The third-order valence-electron chi connectivity index (χ3n) is 9.02. The third kappa shape index (κ3) is 13.3. The fourth-order valence-electron chi connectivity index (χ4n) is 5.65. The average Bonchev–Trinajstić information content (AvgIpc) is 3.15. The molecule has 1 aromatic heterocycles. The van der Waals surface area contributed by atoms with E-state index < -0.39 is 0 Å². The Hall–Kier alpha value is -4.41. The molecule has 4 rings (SSSR count). The number of rotatable bonds is 19. The zero-order valence-electron chi connectivity index (χ0n) is 31.6. The Balaban J connectivity index is 1.10. The predicted molar refractivity (Wildman–Crippen MR) is 224 cm³/mol. The van der Waals surface area contributed by atoms with Gasteiger partial charge in [0.2, 0.25) is 11.8 Å². The first-order chi connectivity index (χ1) is 25.1. The first-order valence-electron chi connectivity index (χ1n) is 17.8. The lowest BCUT2D eigenvalue weighted by Crippen LogP contribution is -2.32. The fraction of sp³-hybridized carbons (Fsp3) is 0.357. The molecule has 0 spiro atoms. The van der Waals surface area contributed by atoms with Crippen LogP contribution in [0.25, 0.3) is 18.2 Å². The van der Waals surface area contributed by atoms with Gasteiger partial charge >= 0.3 is 0 Å². The number of anilines is 2. The second-order valence-corrected chi connectivity index (χ2v) is 15.7. The maximum Gasteiger partial charge on any atom is 0.233 e. The van der Waals surface area contributed by atoms with Crippen molar-refractivity contribution in [2.24, 2.45) is 7.05 Å². The van der Waals surface area contributed by atoms with E-state index in [2.05, 4.69) is 139 Å². The number of likely N-dealkylation sites (N-methyl/N-ethyl adjacent to an activating group) is 1. The van der Waals surface area contributed by atoms with Crippen LogP contribution in [-0.2, 0) is 16.6 Å². The molecule has 0 atom stereocenters. The summed E-state index contributed by atoms with van der Waals surface area (Å²) >= 11 is 0. The smallest absolute Gasteiger partial charge is 0.233 e. The monoisotopic (exact) mass is 739 g/mol. The predicted octanol–water partition coefficient (Wildman–Crippen LogP) is 6.73. The van der Waals surface area contributed by atoms with Gasteiger partial charge in [-0.15, -0.1) is 0 Å². The van der Waals surface area contributed by atoms with Crippen LogP contribution < -0.4 is 14.4 Å². The van der Waals surface area contributed by atoms with Crippen molar-refractivity contribution < 1.29 is 14.2 Å². The minimum atomic E-state index is 0.0817. The molecule has 3 aromatic rings. The van der Waals surface area contributed by atoms with E-state index in [-0.39, 0.29) is 11.8 Å². The van der Waals surface area contributed by atoms with E-state index in [1.54, 1.807) is 9.80 Å². The molecule has 0 radical (unpaired) electrons. The summed E-state index contributed by atoms with van der Waals surface area (Å²) in [4.78, 5) is 35.8. The summed E-state index contributed by atoms with van der Waals surface area (Å²) in [6, 6.07) is 21.0. The minimum absolute atomic E-state index is 0.0817. The van der Waals surface area contributed by atoms with E-state index in [1.807, 2.05) is 38.1 Å². The van der Waals surface area contributed by atoms with Gasteiger partial charge in [0, 0.05) is 91.5 Å². The summed E-state index contributed by atoms with van der Waals surface area (Å²) in [6.07, 6.45) is 20.9. The summed E-state index contributed by atoms with van der Waals surface area (Å²) < 4.78 is 2.02. The number of amides is 2. The van der Waals surface area contributed by atoms with E-state index in [9.17, 15) is 9.59 Å². The number of benzene rings is 2. The van der Waals surface area contributed by atoms with Crippen molar-refractivity contribution in [1.82, 2.24) is 14.7 Å². The Bertz CT molecular complexity index is 1720. The van der Waals surface area contributed by atoms with E-state index >= 15 is 0 Å². The molecular formula is C42H55N6O2S2+. The lowest BCUT2D eigenvalue weighted by Gasteiger charge is -2.24. The SMILES string of the molecule is CN1C=CC(/C=C/c2ccccc2N(C)CCCN(C)C(=O)CSSCC(=O)N(C)CCCN(C)c2ccccc2/C=C/c2cc[n+](C)cc2)=CC1. The highest BCUT2D eigenvalue weighted by Crippen LogP contribution is 2.24. The quantitative estimate of drug-likeness (QED) is 0.0769. The van der Waals surface area contributed by atoms with Crippen LogP contribution in [0.15, 0.2) is 103 Å². The standard InChI is InChI=1S/C42H55N6O2S2/c1-43-29-21-35(22-30-43)17-19-37-13-7-9-15-39(37)45(3)25-11-27-47(5)41(49)33-51-52-34-42(50)48(6)28-12-26-46(4)40-16-10-8-14-38(40)20-18-36-23-31-44(2)32-24-36/h7-10,13-24,29-31H,11-12,25-28,32-34H2,1-6H3/q+1/b20-18+. The molecule has 0 N–H and O–H groups in total. The van der Waals surface area contributed by atoms with Gasteiger partial charge in [-0.05, 0) is 59.5 Å². The summed E-state index contributed by atoms with van der Waals surface area (Å²) in [5.74, 6) is 0.865. The molecule has 0 fully saturated rings. The number of hydrogen-bond acceptors (Lipinski definition) is 7. The molecule has 2 amide bonds. The molecule has 1 aliphatic heterocycles. The van der Waals surface area contributed by atoms with Crippen LogP contribution in [0.2, 0.25) is 0 Å². The van der Waals surface area contributed by atoms with Gasteiger partial charge in [0.15, 0.2) is 12.4 Å². The Labute approximate surface area is 319 Å². The van der Waals surface area contributed by atoms with Crippen LogP contribution in [0.5, 0.6) is 0 Å². The van der Waals surface area contributed by atoms with Gasteiger partial charge in [-0.1, -0.05) is 88.4 Å². The molecule has 0 unspecified atom stereocenters. The van der Waals surface area contributed by atoms with Gasteiger partial charge in [0.1, 0.15) is 7.05 Å². The summed E-state index contributed by atoms with van der Waals surface area (Å²) in [7, 11) is 14.9. The zero-order valence-corrected chi connectivity index (χ0v) is 33.3. The van der Waals surface area contributed by atoms with E-state index in [1.165, 1.54) is 38.4 Å². The van der Waals surface area contributed by atoms with Crippen LogP contribution in [0.4, 0.5) is 11.4 Å². The maximum atomic E-state index is 12.8. The normalized spacial score (nSPS) is 12.7. The molecule has 0 aliphatic carbocycles. The zero-order chi connectivity index (χ0) is 37.3. The van der Waals surface area contributed by atoms with Crippen molar-refractivity contribution in [3.63, 3.8) is 0 Å². The van der Waals surface area contributed by atoms with Gasteiger partial charge in [0.25, 0.3) is 0 Å². The van der Waals surface area contributed by atoms with Crippen molar-refractivity contribution >= 4 is 63.0 Å². The van der Waals surface area contributed by atoms with Gasteiger partial charge < -0.3 is 24.5 Å². The molecule has 0 saturated carbocycles. The number of hydrogen-bond donors (Lipinski definition) is 0. The minimum Gasteiger partial charge on any atom is -0.377 e. The van der Waals surface area contributed by atoms with Crippen molar-refractivity contribution in [2.75, 3.05) is 89.3 Å². The molecule has 10 heteroatoms. The van der Waals surface area contributed by atoms with Crippen molar-refractivity contribution in [2.45, 2.75) is 12.8 Å². The highest BCUT2D eigenvalue weighted by molar-refractivity contribution is 8.77. The van der Waals surface area contributed by atoms with Crippen LogP contribution in [0.1, 0.15) is 29.5 Å². The van der Waals surface area contributed by atoms with Crippen molar-refractivity contribution in [1.29, 1.82) is 0 Å². The molecule has 0 saturated heterocycles. The molecule has 276 valence electrons. The second kappa shape index (κ2) is 21.2. The summed E-state index contributed by atoms with van der Waals surface area (Å²) in [5, 5.41) is 0. The lowest BCUT2D eigenvalue weighted by atomic mass is 10.1. The van der Waals surface area contributed by atoms with Gasteiger partial charge in [-0.2, -0.15) is 0 Å². The number of pyridine rings is 1. The lowest BCUT2D eigenvalue weighted by molar-refractivity contribution is -0.671. The van der Waals surface area contributed by atoms with Crippen molar-refractivity contribution in [3.05, 3.63) is 120 Å². The van der Waals surface area contributed by atoms with Crippen LogP contribution >= 0.6 is 21.6 Å². The molecule has 2 aromatic carbocycles. The highest BCUT2D eigenvalue weighted by atomic mass is 33.1. The van der Waals surface area contributed by atoms with Crippen LogP contribution in [-0.4, -0.2) is 106 Å². The first-order valence-corrected chi connectivity index (χ1v) is 20.3. The molecule has 1 aliphatic rings. The van der Waals surface area contributed by atoms with Crippen LogP contribution in [0.3, 0.4) is 0 Å². The van der Waals surface area contributed by atoms with Crippen molar-refractivity contribution in [3.8, 4) is 0 Å². The number of aryl methyl sites for hydroxylation is 1. The number of carbonyl (C=O) groups excluding carboxylic acids is 2. The number of aromatic nitrogens is 1. The Morgan fingerprint density at radius 1 is 0.712 bits per heavy atom. The third-order valence-corrected chi connectivity index (χ3v) is 11.1. The highest BCUT2D eigenvalue weighted by Gasteiger charge is 2.14. The topological polar surface area (TPSA) is 54.2 Å². The Morgan fingerprint density at radius 3 is 1.71 bits per heavy atom. The Morgan fingerprint density at radius 2 is 1.21 bits per heavy atom. The largest absolute Gasteiger partial charge is 0.377 e. The average molecular weight is 740 g/mol. The van der Waals surface area contributed by atoms with Gasteiger partial charge in [-0.25, -0.2) is 4.57 Å². The van der Waals surface area contributed by atoms with Crippen LogP contribution in [0, 0.1) is 0 Å². The fourth-order valence-corrected chi connectivity index (χ4v) is 7.56. The number of carbonyl (C=O) groups is 2. The van der Waals surface area contributed by atoms with E-state index in [0.29, 0.717) is 24.6 Å². The molecular weight excluding hydrogens is 685 g/mol.